The fraction of sp³-hybridized carbons (Fsp3) is 0.647. The molecule has 1 N–H and O–H groups in total. The maximum atomic E-state index is 6.10. The van der Waals surface area contributed by atoms with Crippen molar-refractivity contribution in [3.63, 3.8) is 0 Å². The number of nitrogens with zero attached hydrogens (tertiary/aromatic N) is 2. The lowest BCUT2D eigenvalue weighted by atomic mass is 10.1. The van der Waals surface area contributed by atoms with Crippen molar-refractivity contribution in [2.75, 3.05) is 57.3 Å². The second-order valence-electron chi connectivity index (χ2n) is 6.11. The smallest absolute Gasteiger partial charge is 0.142 e. The Hall–Kier alpha value is -1.26. The summed E-state index contributed by atoms with van der Waals surface area (Å²) in [6.07, 6.45) is 2.69. The summed E-state index contributed by atoms with van der Waals surface area (Å²) < 4.78 is 6.10. The van der Waals surface area contributed by atoms with Crippen LogP contribution in [0.1, 0.15) is 18.4 Å². The molecule has 2 aliphatic heterocycles. The highest BCUT2D eigenvalue weighted by Gasteiger charge is 2.16. The predicted octanol–water partition coefficient (Wildman–Crippen LogP) is 1.88. The number of aryl methyl sites for hydroxylation is 1. The van der Waals surface area contributed by atoms with Crippen molar-refractivity contribution < 1.29 is 4.74 Å². The Bertz CT molecular complexity index is 451. The minimum Gasteiger partial charge on any atom is -0.490 e. The first-order chi connectivity index (χ1) is 10.3. The molecule has 0 aliphatic carbocycles. The first-order valence-corrected chi connectivity index (χ1v) is 8.24. The van der Waals surface area contributed by atoms with Gasteiger partial charge in [0.2, 0.25) is 0 Å². The highest BCUT2D eigenvalue weighted by molar-refractivity contribution is 5.60. The maximum absolute atomic E-state index is 6.10. The van der Waals surface area contributed by atoms with Gasteiger partial charge in [-0.3, -0.25) is 4.90 Å². The largest absolute Gasteiger partial charge is 0.490 e. The van der Waals surface area contributed by atoms with E-state index in [0.29, 0.717) is 0 Å². The third-order valence-corrected chi connectivity index (χ3v) is 4.44. The molecule has 0 radical (unpaired) electrons. The molecular weight excluding hydrogens is 262 g/mol. The number of benzene rings is 1. The summed E-state index contributed by atoms with van der Waals surface area (Å²) in [4.78, 5) is 4.94. The molecule has 0 atom stereocenters. The molecule has 21 heavy (non-hydrogen) atoms. The molecule has 2 aliphatic rings. The van der Waals surface area contributed by atoms with Crippen molar-refractivity contribution in [1.29, 1.82) is 0 Å². The van der Waals surface area contributed by atoms with E-state index in [1.54, 1.807) is 0 Å². The van der Waals surface area contributed by atoms with Crippen LogP contribution in [0.2, 0.25) is 0 Å². The molecule has 1 aromatic carbocycles. The van der Waals surface area contributed by atoms with Gasteiger partial charge >= 0.3 is 0 Å². The van der Waals surface area contributed by atoms with Gasteiger partial charge in [0.1, 0.15) is 12.4 Å². The number of ether oxygens (including phenoxy) is 1. The topological polar surface area (TPSA) is 27.7 Å². The molecule has 0 bridgehead atoms. The lowest BCUT2D eigenvalue weighted by Gasteiger charge is -2.31. The van der Waals surface area contributed by atoms with Crippen molar-refractivity contribution >= 4 is 5.69 Å². The third kappa shape index (κ3) is 3.89. The molecule has 3 rings (SSSR count). The molecule has 2 saturated heterocycles. The van der Waals surface area contributed by atoms with Crippen LogP contribution in [0.15, 0.2) is 18.2 Å². The van der Waals surface area contributed by atoms with Crippen LogP contribution in [-0.4, -0.2) is 57.3 Å². The highest BCUT2D eigenvalue weighted by atomic mass is 16.5. The molecule has 0 amide bonds. The third-order valence-electron chi connectivity index (χ3n) is 4.44. The van der Waals surface area contributed by atoms with E-state index in [1.807, 2.05) is 0 Å². The van der Waals surface area contributed by atoms with Gasteiger partial charge in [-0.2, -0.15) is 0 Å². The summed E-state index contributed by atoms with van der Waals surface area (Å²) in [6, 6.07) is 6.55. The van der Waals surface area contributed by atoms with Crippen molar-refractivity contribution in [3.05, 3.63) is 23.8 Å². The van der Waals surface area contributed by atoms with E-state index in [1.165, 1.54) is 37.2 Å². The Labute approximate surface area is 128 Å². The van der Waals surface area contributed by atoms with Crippen LogP contribution in [0, 0.1) is 6.92 Å². The van der Waals surface area contributed by atoms with E-state index < -0.39 is 0 Å². The van der Waals surface area contributed by atoms with Crippen molar-refractivity contribution in [3.8, 4) is 5.75 Å². The zero-order valence-electron chi connectivity index (χ0n) is 13.1. The van der Waals surface area contributed by atoms with Crippen LogP contribution >= 0.6 is 0 Å². The standard InChI is InChI=1S/C17H27N3O/c1-15-4-5-17(21-13-12-19-8-2-3-9-19)16(14-15)20-10-6-18-7-11-20/h4-5,14,18H,2-3,6-13H2,1H3. The average Bonchev–Trinajstić information content (AvgIpc) is 3.03. The first-order valence-electron chi connectivity index (χ1n) is 8.24. The summed E-state index contributed by atoms with van der Waals surface area (Å²) in [5, 5.41) is 3.41. The normalized spacial score (nSPS) is 20.0. The summed E-state index contributed by atoms with van der Waals surface area (Å²) in [5.41, 5.74) is 2.56. The van der Waals surface area contributed by atoms with Crippen LogP contribution < -0.4 is 15.0 Å². The van der Waals surface area contributed by atoms with Gasteiger partial charge in [-0.05, 0) is 50.6 Å². The number of anilines is 1. The van der Waals surface area contributed by atoms with Crippen molar-refractivity contribution in [1.82, 2.24) is 10.2 Å². The second-order valence-corrected chi connectivity index (χ2v) is 6.11. The van der Waals surface area contributed by atoms with E-state index in [4.69, 9.17) is 4.74 Å². The van der Waals surface area contributed by atoms with Crippen LogP contribution in [-0.2, 0) is 0 Å². The monoisotopic (exact) mass is 289 g/mol. The first kappa shape index (κ1) is 14.7. The Balaban J connectivity index is 1.62. The summed E-state index contributed by atoms with van der Waals surface area (Å²) in [7, 11) is 0. The minimum absolute atomic E-state index is 0.794. The zero-order chi connectivity index (χ0) is 14.5. The Kier molecular flexibility index (Phi) is 4.99. The molecule has 0 unspecified atom stereocenters. The van der Waals surface area contributed by atoms with E-state index in [2.05, 4.69) is 40.2 Å². The molecule has 2 fully saturated rings. The Morgan fingerprint density at radius 3 is 2.62 bits per heavy atom. The van der Waals surface area contributed by atoms with E-state index in [9.17, 15) is 0 Å². The van der Waals surface area contributed by atoms with Gasteiger partial charge in [-0.1, -0.05) is 6.07 Å². The van der Waals surface area contributed by atoms with Crippen molar-refractivity contribution in [2.24, 2.45) is 0 Å². The van der Waals surface area contributed by atoms with Crippen molar-refractivity contribution in [2.45, 2.75) is 19.8 Å². The maximum Gasteiger partial charge on any atom is 0.142 e. The average molecular weight is 289 g/mol. The summed E-state index contributed by atoms with van der Waals surface area (Å²) in [5.74, 6) is 1.04. The summed E-state index contributed by atoms with van der Waals surface area (Å²) >= 11 is 0. The fourth-order valence-corrected chi connectivity index (χ4v) is 3.19. The Morgan fingerprint density at radius 1 is 1.10 bits per heavy atom. The van der Waals surface area contributed by atoms with E-state index >= 15 is 0 Å². The number of likely N-dealkylation sites (tertiary alicyclic amines) is 1. The molecule has 1 aromatic rings. The van der Waals surface area contributed by atoms with Gasteiger partial charge in [0.25, 0.3) is 0 Å². The quantitative estimate of drug-likeness (QED) is 0.896. The molecule has 2 heterocycles. The van der Waals surface area contributed by atoms with Gasteiger partial charge in [0.15, 0.2) is 0 Å². The van der Waals surface area contributed by atoms with Crippen LogP contribution in [0.3, 0.4) is 0 Å². The molecule has 0 spiro atoms. The number of hydrogen-bond donors (Lipinski definition) is 1. The Morgan fingerprint density at radius 2 is 1.86 bits per heavy atom. The minimum atomic E-state index is 0.794. The summed E-state index contributed by atoms with van der Waals surface area (Å²) in [6.45, 7) is 10.7. The molecule has 4 nitrogen and oxygen atoms in total. The second kappa shape index (κ2) is 7.14. The van der Waals surface area contributed by atoms with Crippen LogP contribution in [0.5, 0.6) is 5.75 Å². The molecule has 4 heteroatoms. The number of nitrogens with one attached hydrogen (secondary N) is 1. The molecule has 116 valence electrons. The SMILES string of the molecule is Cc1ccc(OCCN2CCCC2)c(N2CCNCC2)c1. The molecular formula is C17H27N3O. The van der Waals surface area contributed by atoms with Gasteiger partial charge < -0.3 is 15.0 Å². The molecule has 0 aromatic heterocycles. The van der Waals surface area contributed by atoms with Gasteiger partial charge in [-0.15, -0.1) is 0 Å². The van der Waals surface area contributed by atoms with Gasteiger partial charge in [0.05, 0.1) is 5.69 Å². The van der Waals surface area contributed by atoms with Crippen LogP contribution in [0.4, 0.5) is 5.69 Å². The molecule has 0 saturated carbocycles. The zero-order valence-corrected chi connectivity index (χ0v) is 13.1. The lowest BCUT2D eigenvalue weighted by Crippen LogP contribution is -2.43. The number of hydrogen-bond acceptors (Lipinski definition) is 4. The van der Waals surface area contributed by atoms with Gasteiger partial charge in [0, 0.05) is 32.7 Å². The lowest BCUT2D eigenvalue weighted by molar-refractivity contribution is 0.238. The van der Waals surface area contributed by atoms with E-state index in [0.717, 1.165) is 45.1 Å². The van der Waals surface area contributed by atoms with E-state index in [-0.39, 0.29) is 0 Å². The van der Waals surface area contributed by atoms with Crippen LogP contribution in [0.25, 0.3) is 0 Å². The number of piperazine rings is 1. The fourth-order valence-electron chi connectivity index (χ4n) is 3.19. The predicted molar refractivity (Wildman–Crippen MR) is 87.4 cm³/mol. The number of rotatable bonds is 5. The van der Waals surface area contributed by atoms with Gasteiger partial charge in [-0.25, -0.2) is 0 Å². The highest BCUT2D eigenvalue weighted by Crippen LogP contribution is 2.29.